The first-order valence-electron chi connectivity index (χ1n) is 6.11. The standard InChI is InChI=1S/C15H21ClN2/c1-14(2,3)10-15(4,5)18-13-7-6-12(16)8-11(13)9-17/h6-8,18H,10H2,1-5H3. The van der Waals surface area contributed by atoms with Gasteiger partial charge in [0.15, 0.2) is 0 Å². The topological polar surface area (TPSA) is 35.8 Å². The van der Waals surface area contributed by atoms with Crippen molar-refractivity contribution in [1.82, 2.24) is 0 Å². The van der Waals surface area contributed by atoms with Crippen LogP contribution in [0.3, 0.4) is 0 Å². The second-order valence-corrected chi connectivity index (χ2v) is 6.98. The van der Waals surface area contributed by atoms with Crippen molar-refractivity contribution in [3.8, 4) is 6.07 Å². The van der Waals surface area contributed by atoms with E-state index in [4.69, 9.17) is 16.9 Å². The summed E-state index contributed by atoms with van der Waals surface area (Å²) in [4.78, 5) is 0. The summed E-state index contributed by atoms with van der Waals surface area (Å²) >= 11 is 5.89. The van der Waals surface area contributed by atoms with E-state index < -0.39 is 0 Å². The fraction of sp³-hybridized carbons (Fsp3) is 0.533. The minimum atomic E-state index is -0.0717. The number of hydrogen-bond donors (Lipinski definition) is 1. The second kappa shape index (κ2) is 5.20. The van der Waals surface area contributed by atoms with Gasteiger partial charge in [-0.25, -0.2) is 0 Å². The molecule has 0 amide bonds. The fourth-order valence-corrected chi connectivity index (χ4v) is 2.62. The summed E-state index contributed by atoms with van der Waals surface area (Å²) in [6.07, 6.45) is 1.01. The van der Waals surface area contributed by atoms with Crippen LogP contribution in [0.25, 0.3) is 0 Å². The number of nitrogens with zero attached hydrogens (tertiary/aromatic N) is 1. The Labute approximate surface area is 115 Å². The highest BCUT2D eigenvalue weighted by atomic mass is 35.5. The molecule has 0 aliphatic heterocycles. The average molecular weight is 265 g/mol. The van der Waals surface area contributed by atoms with Crippen molar-refractivity contribution in [2.24, 2.45) is 5.41 Å². The largest absolute Gasteiger partial charge is 0.379 e. The lowest BCUT2D eigenvalue weighted by Crippen LogP contribution is -2.35. The van der Waals surface area contributed by atoms with E-state index in [0.717, 1.165) is 12.1 Å². The fourth-order valence-electron chi connectivity index (χ4n) is 2.45. The van der Waals surface area contributed by atoms with Crippen LogP contribution < -0.4 is 5.32 Å². The minimum absolute atomic E-state index is 0.0717. The molecule has 0 atom stereocenters. The van der Waals surface area contributed by atoms with Gasteiger partial charge in [-0.1, -0.05) is 32.4 Å². The lowest BCUT2D eigenvalue weighted by atomic mass is 9.81. The van der Waals surface area contributed by atoms with E-state index in [1.54, 1.807) is 12.1 Å². The smallest absolute Gasteiger partial charge is 0.101 e. The molecule has 1 aromatic carbocycles. The zero-order chi connectivity index (χ0) is 14.0. The Kier molecular flexibility index (Phi) is 4.29. The van der Waals surface area contributed by atoms with Gasteiger partial charge in [0, 0.05) is 10.6 Å². The van der Waals surface area contributed by atoms with Gasteiger partial charge in [0.1, 0.15) is 6.07 Å². The molecule has 0 aliphatic rings. The molecule has 0 aliphatic carbocycles. The van der Waals surface area contributed by atoms with E-state index in [-0.39, 0.29) is 11.0 Å². The number of nitriles is 1. The molecule has 18 heavy (non-hydrogen) atoms. The van der Waals surface area contributed by atoms with E-state index in [0.29, 0.717) is 10.6 Å². The molecule has 0 unspecified atom stereocenters. The lowest BCUT2D eigenvalue weighted by molar-refractivity contribution is 0.302. The molecular weight excluding hydrogens is 244 g/mol. The molecule has 3 heteroatoms. The van der Waals surface area contributed by atoms with Crippen molar-refractivity contribution >= 4 is 17.3 Å². The highest BCUT2D eigenvalue weighted by molar-refractivity contribution is 6.30. The van der Waals surface area contributed by atoms with Crippen LogP contribution >= 0.6 is 11.6 Å². The summed E-state index contributed by atoms with van der Waals surface area (Å²) in [7, 11) is 0. The van der Waals surface area contributed by atoms with Crippen molar-refractivity contribution in [2.75, 3.05) is 5.32 Å². The molecule has 1 aromatic rings. The van der Waals surface area contributed by atoms with E-state index in [1.807, 2.05) is 6.07 Å². The Balaban J connectivity index is 2.94. The van der Waals surface area contributed by atoms with Gasteiger partial charge in [-0.05, 0) is 43.9 Å². The number of halogens is 1. The van der Waals surface area contributed by atoms with Gasteiger partial charge in [-0.2, -0.15) is 5.26 Å². The Morgan fingerprint density at radius 1 is 1.22 bits per heavy atom. The molecule has 0 aromatic heterocycles. The highest BCUT2D eigenvalue weighted by Gasteiger charge is 2.25. The van der Waals surface area contributed by atoms with Gasteiger partial charge >= 0.3 is 0 Å². The minimum Gasteiger partial charge on any atom is -0.379 e. The van der Waals surface area contributed by atoms with Crippen LogP contribution in [0.2, 0.25) is 5.02 Å². The molecule has 1 N–H and O–H groups in total. The summed E-state index contributed by atoms with van der Waals surface area (Å²) in [5.41, 5.74) is 1.59. The predicted molar refractivity (Wildman–Crippen MR) is 77.9 cm³/mol. The van der Waals surface area contributed by atoms with E-state index in [9.17, 15) is 0 Å². The lowest BCUT2D eigenvalue weighted by Gasteiger charge is -2.34. The Bertz CT molecular complexity index is 464. The second-order valence-electron chi connectivity index (χ2n) is 6.55. The summed E-state index contributed by atoms with van der Waals surface area (Å²) in [6.45, 7) is 10.9. The molecule has 0 radical (unpaired) electrons. The third kappa shape index (κ3) is 4.58. The molecule has 0 bridgehead atoms. The Morgan fingerprint density at radius 3 is 2.33 bits per heavy atom. The van der Waals surface area contributed by atoms with Gasteiger partial charge in [-0.3, -0.25) is 0 Å². The zero-order valence-corrected chi connectivity index (χ0v) is 12.5. The first-order chi connectivity index (χ1) is 8.13. The Hall–Kier alpha value is -1.20. The van der Waals surface area contributed by atoms with Gasteiger partial charge in [0.05, 0.1) is 11.3 Å². The molecule has 98 valence electrons. The SMILES string of the molecule is CC(C)(C)CC(C)(C)Nc1ccc(Cl)cc1C#N. The summed E-state index contributed by atoms with van der Waals surface area (Å²) in [5.74, 6) is 0. The number of rotatable bonds is 3. The Morgan fingerprint density at radius 2 is 1.83 bits per heavy atom. The summed E-state index contributed by atoms with van der Waals surface area (Å²) < 4.78 is 0. The zero-order valence-electron chi connectivity index (χ0n) is 11.8. The summed E-state index contributed by atoms with van der Waals surface area (Å²) in [5, 5.41) is 13.2. The molecule has 1 rings (SSSR count). The van der Waals surface area contributed by atoms with Crippen LogP contribution in [-0.2, 0) is 0 Å². The quantitative estimate of drug-likeness (QED) is 0.848. The number of anilines is 1. The van der Waals surface area contributed by atoms with E-state index in [1.165, 1.54) is 0 Å². The molecule has 0 saturated heterocycles. The van der Waals surface area contributed by atoms with Gasteiger partial charge in [0.25, 0.3) is 0 Å². The van der Waals surface area contributed by atoms with E-state index in [2.05, 4.69) is 46.0 Å². The van der Waals surface area contributed by atoms with Crippen LogP contribution in [0, 0.1) is 16.7 Å². The van der Waals surface area contributed by atoms with Crippen molar-refractivity contribution in [3.63, 3.8) is 0 Å². The number of benzene rings is 1. The number of nitrogens with one attached hydrogen (secondary N) is 1. The number of hydrogen-bond acceptors (Lipinski definition) is 2. The van der Waals surface area contributed by atoms with Crippen LogP contribution in [0.1, 0.15) is 46.6 Å². The van der Waals surface area contributed by atoms with Crippen LogP contribution in [0.15, 0.2) is 18.2 Å². The van der Waals surface area contributed by atoms with Gasteiger partial charge < -0.3 is 5.32 Å². The molecule has 0 spiro atoms. The third-order valence-corrected chi connectivity index (χ3v) is 2.78. The van der Waals surface area contributed by atoms with Gasteiger partial charge in [0.2, 0.25) is 0 Å². The normalized spacial score (nSPS) is 12.1. The third-order valence-electron chi connectivity index (χ3n) is 2.55. The molecule has 0 saturated carbocycles. The van der Waals surface area contributed by atoms with Crippen molar-refractivity contribution < 1.29 is 0 Å². The highest BCUT2D eigenvalue weighted by Crippen LogP contribution is 2.31. The first kappa shape index (κ1) is 14.9. The predicted octanol–water partition coefficient (Wildman–Crippen LogP) is 4.84. The maximum absolute atomic E-state index is 9.12. The molecular formula is C15H21ClN2. The van der Waals surface area contributed by atoms with Crippen molar-refractivity contribution in [3.05, 3.63) is 28.8 Å². The first-order valence-corrected chi connectivity index (χ1v) is 6.49. The van der Waals surface area contributed by atoms with Crippen LogP contribution in [-0.4, -0.2) is 5.54 Å². The molecule has 0 heterocycles. The molecule has 0 fully saturated rings. The maximum atomic E-state index is 9.12. The molecule has 2 nitrogen and oxygen atoms in total. The van der Waals surface area contributed by atoms with Crippen LogP contribution in [0.5, 0.6) is 0 Å². The van der Waals surface area contributed by atoms with Crippen molar-refractivity contribution in [1.29, 1.82) is 5.26 Å². The monoisotopic (exact) mass is 264 g/mol. The van der Waals surface area contributed by atoms with E-state index >= 15 is 0 Å². The average Bonchev–Trinajstić information content (AvgIpc) is 2.16. The van der Waals surface area contributed by atoms with Crippen molar-refractivity contribution in [2.45, 2.75) is 46.6 Å². The maximum Gasteiger partial charge on any atom is 0.101 e. The van der Waals surface area contributed by atoms with Crippen LogP contribution in [0.4, 0.5) is 5.69 Å². The summed E-state index contributed by atoms with van der Waals surface area (Å²) in [6, 6.07) is 7.54. The van der Waals surface area contributed by atoms with Gasteiger partial charge in [-0.15, -0.1) is 0 Å².